The molecule has 1 atom stereocenters. The Morgan fingerprint density at radius 2 is 2.16 bits per heavy atom. The molecule has 1 aromatic carbocycles. The van der Waals surface area contributed by atoms with Crippen molar-refractivity contribution < 1.29 is 9.18 Å². The summed E-state index contributed by atoms with van der Waals surface area (Å²) in [6, 6.07) is 6.42. The van der Waals surface area contributed by atoms with Crippen molar-refractivity contribution in [1.82, 2.24) is 14.7 Å². The van der Waals surface area contributed by atoms with Crippen molar-refractivity contribution in [3.05, 3.63) is 34.0 Å². The molecule has 8 heteroatoms. The van der Waals surface area contributed by atoms with E-state index in [0.29, 0.717) is 15.7 Å². The summed E-state index contributed by atoms with van der Waals surface area (Å²) >= 11 is 8.14. The van der Waals surface area contributed by atoms with Crippen LogP contribution in [0.4, 0.5) is 4.39 Å². The number of likely N-dealkylation sites (tertiary alicyclic amines) is 1. The molecule has 134 valence electrons. The molecule has 0 bridgehead atoms. The fourth-order valence-electron chi connectivity index (χ4n) is 3.02. The number of benzene rings is 1. The molecule has 0 saturated carbocycles. The first-order valence-corrected chi connectivity index (χ1v) is 10.6. The Morgan fingerprint density at radius 3 is 2.88 bits per heavy atom. The second kappa shape index (κ2) is 8.42. The minimum absolute atomic E-state index is 0.172. The Kier molecular flexibility index (Phi) is 6.24. The first kappa shape index (κ1) is 18.5. The lowest BCUT2D eigenvalue weighted by atomic mass is 10.0. The van der Waals surface area contributed by atoms with E-state index in [1.54, 1.807) is 16.8 Å². The van der Waals surface area contributed by atoms with Crippen molar-refractivity contribution in [1.29, 1.82) is 0 Å². The summed E-state index contributed by atoms with van der Waals surface area (Å²) in [7, 11) is 0. The molecule has 2 aromatic rings. The van der Waals surface area contributed by atoms with Gasteiger partial charge in [0.05, 0.1) is 11.4 Å². The Hall–Kier alpha value is -1.25. The maximum absolute atomic E-state index is 13.1. The lowest BCUT2D eigenvalue weighted by molar-refractivity contribution is -0.132. The van der Waals surface area contributed by atoms with Gasteiger partial charge in [-0.15, -0.1) is 5.10 Å². The molecule has 25 heavy (non-hydrogen) atoms. The fourth-order valence-corrected chi connectivity index (χ4v) is 5.27. The predicted octanol–water partition coefficient (Wildman–Crippen LogP) is 4.69. The van der Waals surface area contributed by atoms with Crippen LogP contribution in [0.3, 0.4) is 0 Å². The van der Waals surface area contributed by atoms with Crippen LogP contribution in [0.15, 0.2) is 28.6 Å². The Balaban J connectivity index is 1.66. The lowest BCUT2D eigenvalue weighted by Gasteiger charge is -2.35. The van der Waals surface area contributed by atoms with Gasteiger partial charge in [-0.2, -0.15) is 0 Å². The number of carbonyl (C=O) groups is 1. The zero-order valence-electron chi connectivity index (χ0n) is 14.0. The highest BCUT2D eigenvalue weighted by Gasteiger charge is 2.25. The van der Waals surface area contributed by atoms with Crippen LogP contribution in [0.2, 0.25) is 0 Å². The van der Waals surface area contributed by atoms with E-state index in [4.69, 9.17) is 12.2 Å². The molecule has 0 N–H and O–H groups in total. The normalized spacial score (nSPS) is 17.7. The van der Waals surface area contributed by atoms with Crippen molar-refractivity contribution >= 4 is 41.2 Å². The first-order chi connectivity index (χ1) is 12.1. The van der Waals surface area contributed by atoms with E-state index < -0.39 is 0 Å². The number of hydrogen-bond acceptors (Lipinski definition) is 5. The van der Waals surface area contributed by atoms with Gasteiger partial charge in [0.25, 0.3) is 0 Å². The molecule has 1 aromatic heterocycles. The third kappa shape index (κ3) is 4.48. The van der Waals surface area contributed by atoms with Gasteiger partial charge in [-0.1, -0.05) is 30.0 Å². The largest absolute Gasteiger partial charge is 0.339 e. The van der Waals surface area contributed by atoms with Gasteiger partial charge in [0.1, 0.15) is 5.82 Å². The molecular weight excluding hydrogens is 377 g/mol. The number of hydrogen-bond donors (Lipinski definition) is 0. The lowest BCUT2D eigenvalue weighted by Crippen LogP contribution is -2.44. The van der Waals surface area contributed by atoms with E-state index in [-0.39, 0.29) is 11.7 Å². The molecule has 1 amide bonds. The number of rotatable bonds is 5. The number of carbonyl (C=O) groups excluding carboxylic acids is 1. The molecule has 4 nitrogen and oxygen atoms in total. The highest BCUT2D eigenvalue weighted by molar-refractivity contribution is 8.01. The van der Waals surface area contributed by atoms with Crippen molar-refractivity contribution in [2.45, 2.75) is 43.0 Å². The summed E-state index contributed by atoms with van der Waals surface area (Å²) in [6.07, 6.45) is 4.41. The number of halogens is 1. The zero-order valence-corrected chi connectivity index (χ0v) is 16.4. The van der Waals surface area contributed by atoms with Crippen LogP contribution in [-0.2, 0) is 4.79 Å². The van der Waals surface area contributed by atoms with E-state index in [1.165, 1.54) is 41.7 Å². The Bertz CT molecular complexity index is 787. The van der Waals surface area contributed by atoms with Gasteiger partial charge in [-0.3, -0.25) is 4.79 Å². The van der Waals surface area contributed by atoms with Crippen LogP contribution in [0.25, 0.3) is 5.69 Å². The fraction of sp³-hybridized carbons (Fsp3) is 0.471. The maximum Gasteiger partial charge on any atom is 0.233 e. The van der Waals surface area contributed by atoms with E-state index >= 15 is 0 Å². The molecule has 0 radical (unpaired) electrons. The molecule has 1 aliphatic rings. The van der Waals surface area contributed by atoms with Gasteiger partial charge in [0, 0.05) is 12.6 Å². The molecule has 3 rings (SSSR count). The summed E-state index contributed by atoms with van der Waals surface area (Å²) in [5.74, 6) is 0.256. The molecule has 2 heterocycles. The number of thioether (sulfide) groups is 1. The minimum atomic E-state index is -0.294. The predicted molar refractivity (Wildman–Crippen MR) is 103 cm³/mol. The van der Waals surface area contributed by atoms with E-state index in [2.05, 4.69) is 12.0 Å². The minimum Gasteiger partial charge on any atom is -0.339 e. The van der Waals surface area contributed by atoms with Crippen LogP contribution < -0.4 is 0 Å². The summed E-state index contributed by atoms with van der Waals surface area (Å²) in [5, 5.41) is 4.47. The average molecular weight is 398 g/mol. The smallest absolute Gasteiger partial charge is 0.233 e. The number of aromatic nitrogens is 2. The standard InChI is InChI=1S/C17H20FN3OS3/c1-2-13-5-3-4-10-20(13)15(22)11-24-16-19-21(17(23)25-16)14-8-6-12(18)7-9-14/h6-9,13H,2-5,10-11H2,1H3/t13-/m1/s1. The summed E-state index contributed by atoms with van der Waals surface area (Å²) in [5.41, 5.74) is 0.725. The quantitative estimate of drug-likeness (QED) is 0.542. The number of nitrogens with zero attached hydrogens (tertiary/aromatic N) is 3. The second-order valence-electron chi connectivity index (χ2n) is 5.96. The van der Waals surface area contributed by atoms with Crippen molar-refractivity contribution in [3.8, 4) is 5.69 Å². The van der Waals surface area contributed by atoms with Gasteiger partial charge in [0.15, 0.2) is 8.29 Å². The third-order valence-corrected chi connectivity index (χ3v) is 6.69. The summed E-state index contributed by atoms with van der Waals surface area (Å²) in [6.45, 7) is 3.00. The second-order valence-corrected chi connectivity index (χ2v) is 8.80. The number of amides is 1. The van der Waals surface area contributed by atoms with Crippen LogP contribution in [0.1, 0.15) is 32.6 Å². The van der Waals surface area contributed by atoms with Crippen LogP contribution >= 0.6 is 35.3 Å². The van der Waals surface area contributed by atoms with Gasteiger partial charge in [-0.05, 0) is 62.2 Å². The van der Waals surface area contributed by atoms with Gasteiger partial charge in [0.2, 0.25) is 5.91 Å². The monoisotopic (exact) mass is 397 g/mol. The highest BCUT2D eigenvalue weighted by Crippen LogP contribution is 2.26. The molecule has 0 aliphatic carbocycles. The SMILES string of the molecule is CC[C@@H]1CCCCN1C(=O)CSc1nn(-c2ccc(F)cc2)c(=S)s1. The van der Waals surface area contributed by atoms with Crippen LogP contribution in [0.5, 0.6) is 0 Å². The van der Waals surface area contributed by atoms with Crippen LogP contribution in [0, 0.1) is 9.77 Å². The third-order valence-electron chi connectivity index (χ3n) is 4.34. The Morgan fingerprint density at radius 1 is 1.40 bits per heavy atom. The van der Waals surface area contributed by atoms with Crippen molar-refractivity contribution in [2.24, 2.45) is 0 Å². The Labute approximate surface area is 160 Å². The van der Waals surface area contributed by atoms with Gasteiger partial charge >= 0.3 is 0 Å². The zero-order chi connectivity index (χ0) is 17.8. The van der Waals surface area contributed by atoms with E-state index in [9.17, 15) is 9.18 Å². The molecule has 1 fully saturated rings. The van der Waals surface area contributed by atoms with Gasteiger partial charge < -0.3 is 4.90 Å². The molecule has 1 aliphatic heterocycles. The van der Waals surface area contributed by atoms with E-state index in [0.717, 1.165) is 35.8 Å². The molecular formula is C17H20FN3OS3. The van der Waals surface area contributed by atoms with E-state index in [1.807, 2.05) is 4.90 Å². The van der Waals surface area contributed by atoms with Gasteiger partial charge in [-0.25, -0.2) is 9.07 Å². The maximum atomic E-state index is 13.1. The van der Waals surface area contributed by atoms with Crippen LogP contribution in [-0.4, -0.2) is 38.9 Å². The highest BCUT2D eigenvalue weighted by atomic mass is 32.2. The number of piperidine rings is 1. The first-order valence-electron chi connectivity index (χ1n) is 8.37. The van der Waals surface area contributed by atoms with Crippen molar-refractivity contribution in [3.63, 3.8) is 0 Å². The molecule has 0 spiro atoms. The molecule has 0 unspecified atom stereocenters. The average Bonchev–Trinajstić information content (AvgIpc) is 3.01. The topological polar surface area (TPSA) is 38.1 Å². The van der Waals surface area contributed by atoms with Crippen molar-refractivity contribution in [2.75, 3.05) is 12.3 Å². The summed E-state index contributed by atoms with van der Waals surface area (Å²) in [4.78, 5) is 14.6. The summed E-state index contributed by atoms with van der Waals surface area (Å²) < 4.78 is 16.0. The molecule has 1 saturated heterocycles.